The molecule has 88 valence electrons. The molecule has 1 N–H and O–H groups in total. The molecule has 0 radical (unpaired) electrons. The Balaban J connectivity index is 2.19. The number of para-hydroxylation sites is 1. The van der Waals surface area contributed by atoms with Crippen LogP contribution in [-0.4, -0.2) is 16.6 Å². The molecule has 0 unspecified atom stereocenters. The summed E-state index contributed by atoms with van der Waals surface area (Å²) in [4.78, 5) is 26.8. The van der Waals surface area contributed by atoms with Crippen molar-refractivity contribution < 1.29 is 9.59 Å². The minimum absolute atomic E-state index is 0.102. The zero-order chi connectivity index (χ0) is 12.7. The number of fused-ring (bicyclic) bond motifs is 1. The summed E-state index contributed by atoms with van der Waals surface area (Å²) in [6.07, 6.45) is 4.60. The van der Waals surface area contributed by atoms with E-state index in [0.29, 0.717) is 11.1 Å². The second-order valence-corrected chi connectivity index (χ2v) is 4.36. The summed E-state index contributed by atoms with van der Waals surface area (Å²) in [6, 6.07) is 7.71. The lowest BCUT2D eigenvalue weighted by Gasteiger charge is -2.08. The van der Waals surface area contributed by atoms with Crippen LogP contribution in [0, 0.1) is 0 Å². The van der Waals surface area contributed by atoms with E-state index in [0.717, 1.165) is 16.5 Å². The third-order valence-electron chi connectivity index (χ3n) is 3.16. The summed E-state index contributed by atoms with van der Waals surface area (Å²) >= 11 is 0. The molecule has 0 atom stereocenters. The molecule has 1 aliphatic carbocycles. The van der Waals surface area contributed by atoms with Crippen LogP contribution in [0.5, 0.6) is 0 Å². The van der Waals surface area contributed by atoms with Crippen LogP contribution in [-0.2, 0) is 9.59 Å². The normalized spacial score (nSPS) is 15.8. The number of carbonyl (C=O) groups excluding carboxylic acids is 2. The van der Waals surface area contributed by atoms with Gasteiger partial charge in [-0.2, -0.15) is 0 Å². The van der Waals surface area contributed by atoms with Gasteiger partial charge >= 0.3 is 0 Å². The van der Waals surface area contributed by atoms with Gasteiger partial charge in [0.2, 0.25) is 0 Å². The van der Waals surface area contributed by atoms with Crippen LogP contribution in [0.1, 0.15) is 12.5 Å². The highest BCUT2D eigenvalue weighted by Gasteiger charge is 2.20. The molecule has 0 fully saturated rings. The number of benzene rings is 1. The summed E-state index contributed by atoms with van der Waals surface area (Å²) in [5, 5.41) is 0.956. The predicted octanol–water partition coefficient (Wildman–Crippen LogP) is 2.65. The fourth-order valence-electron chi connectivity index (χ4n) is 2.17. The van der Waals surface area contributed by atoms with E-state index in [1.54, 1.807) is 13.1 Å². The van der Waals surface area contributed by atoms with Crippen molar-refractivity contribution in [1.82, 2.24) is 4.98 Å². The molecule has 3 rings (SSSR count). The molecule has 0 saturated heterocycles. The van der Waals surface area contributed by atoms with Gasteiger partial charge in [0.05, 0.1) is 0 Å². The maximum absolute atomic E-state index is 12.0. The van der Waals surface area contributed by atoms with Gasteiger partial charge in [-0.05, 0) is 25.1 Å². The van der Waals surface area contributed by atoms with Gasteiger partial charge in [-0.15, -0.1) is 0 Å². The molecule has 3 nitrogen and oxygen atoms in total. The third kappa shape index (κ3) is 1.52. The Morgan fingerprint density at radius 1 is 1.00 bits per heavy atom. The Morgan fingerprint density at radius 3 is 2.61 bits per heavy atom. The standard InChI is InChI=1S/C15H11NO2/c1-9-6-15(18)11(7-14(9)17)12-8-16-13-5-3-2-4-10(12)13/h2-8,16H,1H3. The Kier molecular flexibility index (Phi) is 2.27. The molecule has 18 heavy (non-hydrogen) atoms. The van der Waals surface area contributed by atoms with Crippen molar-refractivity contribution in [3.63, 3.8) is 0 Å². The van der Waals surface area contributed by atoms with Crippen LogP contribution >= 0.6 is 0 Å². The van der Waals surface area contributed by atoms with Crippen molar-refractivity contribution in [2.45, 2.75) is 6.92 Å². The second-order valence-electron chi connectivity index (χ2n) is 4.36. The zero-order valence-corrected chi connectivity index (χ0v) is 9.86. The summed E-state index contributed by atoms with van der Waals surface area (Å²) in [5.41, 5.74) is 2.69. The van der Waals surface area contributed by atoms with Gasteiger partial charge in [0.15, 0.2) is 11.6 Å². The van der Waals surface area contributed by atoms with Gasteiger partial charge in [-0.25, -0.2) is 0 Å². The Hall–Kier alpha value is -2.42. The number of aromatic amines is 1. The van der Waals surface area contributed by atoms with Gasteiger partial charge in [0, 0.05) is 33.8 Å². The first-order chi connectivity index (χ1) is 8.66. The smallest absolute Gasteiger partial charge is 0.187 e. The molecule has 0 spiro atoms. The van der Waals surface area contributed by atoms with Crippen LogP contribution in [0.4, 0.5) is 0 Å². The largest absolute Gasteiger partial charge is 0.361 e. The number of ketones is 2. The number of carbonyl (C=O) groups is 2. The summed E-state index contributed by atoms with van der Waals surface area (Å²) in [6.45, 7) is 1.66. The molecular formula is C15H11NO2. The van der Waals surface area contributed by atoms with Gasteiger partial charge < -0.3 is 4.98 Å². The van der Waals surface area contributed by atoms with Gasteiger partial charge in [0.25, 0.3) is 0 Å². The topological polar surface area (TPSA) is 49.9 Å². The Morgan fingerprint density at radius 2 is 1.78 bits per heavy atom. The quantitative estimate of drug-likeness (QED) is 0.775. The zero-order valence-electron chi connectivity index (χ0n) is 9.86. The minimum atomic E-state index is -0.114. The van der Waals surface area contributed by atoms with Crippen molar-refractivity contribution in [1.29, 1.82) is 0 Å². The summed E-state index contributed by atoms with van der Waals surface area (Å²) in [7, 11) is 0. The van der Waals surface area contributed by atoms with E-state index in [4.69, 9.17) is 0 Å². The van der Waals surface area contributed by atoms with Crippen molar-refractivity contribution in [2.24, 2.45) is 0 Å². The van der Waals surface area contributed by atoms with Crippen molar-refractivity contribution in [3.8, 4) is 0 Å². The minimum Gasteiger partial charge on any atom is -0.361 e. The number of allylic oxidation sites excluding steroid dienone is 4. The summed E-state index contributed by atoms with van der Waals surface area (Å²) in [5.74, 6) is -0.216. The monoisotopic (exact) mass is 237 g/mol. The molecule has 0 aliphatic heterocycles. The van der Waals surface area contributed by atoms with E-state index < -0.39 is 0 Å². The highest BCUT2D eigenvalue weighted by molar-refractivity contribution is 6.36. The highest BCUT2D eigenvalue weighted by atomic mass is 16.1. The predicted molar refractivity (Wildman–Crippen MR) is 70.0 cm³/mol. The van der Waals surface area contributed by atoms with Crippen molar-refractivity contribution >= 4 is 28.0 Å². The SMILES string of the molecule is CC1=CC(=O)C(c2c[nH]c3ccccc23)=CC1=O. The molecular weight excluding hydrogens is 226 g/mol. The molecule has 1 heterocycles. The number of hydrogen-bond acceptors (Lipinski definition) is 2. The number of H-pyrrole nitrogens is 1. The second kappa shape index (κ2) is 3.81. The fraction of sp³-hybridized carbons (Fsp3) is 0.0667. The number of aromatic nitrogens is 1. The van der Waals surface area contributed by atoms with E-state index in [1.807, 2.05) is 24.3 Å². The molecule has 1 aromatic carbocycles. The first kappa shape index (κ1) is 10.7. The van der Waals surface area contributed by atoms with Crippen LogP contribution in [0.25, 0.3) is 16.5 Å². The van der Waals surface area contributed by atoms with E-state index in [2.05, 4.69) is 4.98 Å². The Bertz CT molecular complexity index is 732. The number of hydrogen-bond donors (Lipinski definition) is 1. The van der Waals surface area contributed by atoms with Crippen LogP contribution < -0.4 is 0 Å². The van der Waals surface area contributed by atoms with E-state index in [1.165, 1.54) is 12.2 Å². The van der Waals surface area contributed by atoms with Crippen molar-refractivity contribution in [2.75, 3.05) is 0 Å². The van der Waals surface area contributed by atoms with E-state index in [-0.39, 0.29) is 11.6 Å². The molecule has 0 saturated carbocycles. The molecule has 2 aromatic rings. The average Bonchev–Trinajstić information content (AvgIpc) is 2.78. The van der Waals surface area contributed by atoms with Crippen LogP contribution in [0.2, 0.25) is 0 Å². The number of nitrogens with one attached hydrogen (secondary N) is 1. The van der Waals surface area contributed by atoms with E-state index in [9.17, 15) is 9.59 Å². The molecule has 0 bridgehead atoms. The van der Waals surface area contributed by atoms with Crippen LogP contribution in [0.3, 0.4) is 0 Å². The summed E-state index contributed by atoms with van der Waals surface area (Å²) < 4.78 is 0. The van der Waals surface area contributed by atoms with Gasteiger partial charge in [-0.1, -0.05) is 18.2 Å². The third-order valence-corrected chi connectivity index (χ3v) is 3.16. The lowest BCUT2D eigenvalue weighted by molar-refractivity contribution is -0.114. The lowest BCUT2D eigenvalue weighted by Crippen LogP contribution is -2.10. The first-order valence-corrected chi connectivity index (χ1v) is 5.72. The fourth-order valence-corrected chi connectivity index (χ4v) is 2.17. The van der Waals surface area contributed by atoms with E-state index >= 15 is 0 Å². The highest BCUT2D eigenvalue weighted by Crippen LogP contribution is 2.28. The van der Waals surface area contributed by atoms with Gasteiger partial charge in [0.1, 0.15) is 0 Å². The maximum Gasteiger partial charge on any atom is 0.187 e. The average molecular weight is 237 g/mol. The first-order valence-electron chi connectivity index (χ1n) is 5.72. The molecule has 1 aromatic heterocycles. The van der Waals surface area contributed by atoms with Crippen molar-refractivity contribution in [3.05, 3.63) is 53.8 Å². The molecule has 3 heteroatoms. The number of rotatable bonds is 1. The Labute approximate surface area is 104 Å². The molecule has 1 aliphatic rings. The van der Waals surface area contributed by atoms with Gasteiger partial charge in [-0.3, -0.25) is 9.59 Å². The maximum atomic E-state index is 12.0. The van der Waals surface area contributed by atoms with Crippen LogP contribution in [0.15, 0.2) is 48.2 Å². The lowest BCUT2D eigenvalue weighted by atomic mass is 9.93. The molecule has 0 amide bonds.